The number of anilines is 1. The highest BCUT2D eigenvalue weighted by atomic mass is 16.7. The third kappa shape index (κ3) is 5.47. The second-order valence-corrected chi connectivity index (χ2v) is 10.2. The van der Waals surface area contributed by atoms with Crippen molar-refractivity contribution in [1.29, 1.82) is 0 Å². The summed E-state index contributed by atoms with van der Waals surface area (Å²) >= 11 is 0. The Hall–Kier alpha value is -4.46. The molecule has 0 aliphatic carbocycles. The number of benzene rings is 3. The van der Waals surface area contributed by atoms with Crippen molar-refractivity contribution in [1.82, 2.24) is 4.90 Å². The molecule has 1 atom stereocenters. The van der Waals surface area contributed by atoms with Crippen LogP contribution in [0, 0.1) is 0 Å². The van der Waals surface area contributed by atoms with Crippen LogP contribution in [0.2, 0.25) is 0 Å². The second kappa shape index (κ2) is 11.7. The van der Waals surface area contributed by atoms with E-state index < -0.39 is 17.7 Å². The SMILES string of the molecule is CCCCCOc1ccc(/C(O)=C2\C(=O)C(=O)N(Cc3ccc4c(c3)OCO4)C2c2ccc(N(C)C)cc2)cc1. The molecule has 1 saturated heterocycles. The minimum absolute atomic E-state index is 0.0555. The van der Waals surface area contributed by atoms with Crippen molar-refractivity contribution in [3.63, 3.8) is 0 Å². The Morgan fingerprint density at radius 1 is 0.975 bits per heavy atom. The van der Waals surface area contributed by atoms with Gasteiger partial charge in [-0.25, -0.2) is 0 Å². The van der Waals surface area contributed by atoms with Crippen molar-refractivity contribution in [2.45, 2.75) is 38.8 Å². The first-order valence-electron chi connectivity index (χ1n) is 13.5. The monoisotopic (exact) mass is 542 g/mol. The molecule has 3 aromatic carbocycles. The molecule has 0 bridgehead atoms. The van der Waals surface area contributed by atoms with E-state index in [1.54, 1.807) is 30.3 Å². The van der Waals surface area contributed by atoms with Crippen molar-refractivity contribution in [3.05, 3.63) is 89.0 Å². The summed E-state index contributed by atoms with van der Waals surface area (Å²) in [5, 5.41) is 11.4. The van der Waals surface area contributed by atoms with Gasteiger partial charge in [-0.2, -0.15) is 0 Å². The van der Waals surface area contributed by atoms with Crippen molar-refractivity contribution in [3.8, 4) is 17.2 Å². The van der Waals surface area contributed by atoms with Crippen LogP contribution < -0.4 is 19.1 Å². The predicted molar refractivity (Wildman–Crippen MR) is 153 cm³/mol. The zero-order valence-corrected chi connectivity index (χ0v) is 23.1. The van der Waals surface area contributed by atoms with E-state index in [0.29, 0.717) is 29.4 Å². The van der Waals surface area contributed by atoms with Gasteiger partial charge in [-0.05, 0) is 66.1 Å². The molecule has 8 heteroatoms. The molecule has 2 aliphatic heterocycles. The molecule has 40 heavy (non-hydrogen) atoms. The number of ether oxygens (including phenoxy) is 3. The summed E-state index contributed by atoms with van der Waals surface area (Å²) < 4.78 is 16.7. The fourth-order valence-corrected chi connectivity index (χ4v) is 4.99. The smallest absolute Gasteiger partial charge is 0.295 e. The van der Waals surface area contributed by atoms with Crippen LogP contribution in [-0.4, -0.2) is 49.2 Å². The van der Waals surface area contributed by atoms with Gasteiger partial charge >= 0.3 is 0 Å². The molecule has 8 nitrogen and oxygen atoms in total. The first kappa shape index (κ1) is 27.1. The van der Waals surface area contributed by atoms with Gasteiger partial charge in [0.25, 0.3) is 11.7 Å². The molecule has 1 amide bonds. The lowest BCUT2D eigenvalue weighted by atomic mass is 9.95. The van der Waals surface area contributed by atoms with Crippen molar-refractivity contribution in [2.24, 2.45) is 0 Å². The Morgan fingerprint density at radius 3 is 2.40 bits per heavy atom. The number of likely N-dealkylation sites (tertiary alicyclic amines) is 1. The number of hydrogen-bond donors (Lipinski definition) is 1. The molecule has 0 spiro atoms. The molecule has 0 radical (unpaired) electrons. The van der Waals surface area contributed by atoms with E-state index in [1.807, 2.05) is 55.4 Å². The highest BCUT2D eigenvalue weighted by Crippen LogP contribution is 2.42. The van der Waals surface area contributed by atoms with Crippen LogP contribution in [0.3, 0.4) is 0 Å². The molecule has 1 N–H and O–H groups in total. The number of rotatable bonds is 10. The average molecular weight is 543 g/mol. The minimum atomic E-state index is -0.772. The zero-order valence-electron chi connectivity index (χ0n) is 23.1. The number of amides is 1. The van der Waals surface area contributed by atoms with Crippen LogP contribution in [0.15, 0.2) is 72.3 Å². The Morgan fingerprint density at radius 2 is 1.70 bits per heavy atom. The van der Waals surface area contributed by atoms with Gasteiger partial charge in [-0.1, -0.05) is 38.0 Å². The average Bonchev–Trinajstić information content (AvgIpc) is 3.53. The zero-order chi connectivity index (χ0) is 28.2. The minimum Gasteiger partial charge on any atom is -0.507 e. The summed E-state index contributed by atoms with van der Waals surface area (Å²) in [5.74, 6) is 0.312. The van der Waals surface area contributed by atoms with Gasteiger partial charge in [0.05, 0.1) is 18.2 Å². The van der Waals surface area contributed by atoms with Crippen LogP contribution in [-0.2, 0) is 16.1 Å². The largest absolute Gasteiger partial charge is 0.507 e. The van der Waals surface area contributed by atoms with Crippen LogP contribution in [0.1, 0.15) is 48.9 Å². The molecule has 0 saturated carbocycles. The summed E-state index contributed by atoms with van der Waals surface area (Å²) in [5.41, 5.74) is 2.98. The molecular formula is C32H34N2O6. The van der Waals surface area contributed by atoms with E-state index in [-0.39, 0.29) is 24.7 Å². The number of Topliss-reactive ketones (excluding diaryl/α,β-unsaturated/α-hetero) is 1. The van der Waals surface area contributed by atoms with E-state index >= 15 is 0 Å². The molecular weight excluding hydrogens is 508 g/mol. The Labute approximate surface area is 234 Å². The molecule has 1 fully saturated rings. The topological polar surface area (TPSA) is 88.5 Å². The van der Waals surface area contributed by atoms with E-state index in [9.17, 15) is 14.7 Å². The Kier molecular flexibility index (Phi) is 7.96. The van der Waals surface area contributed by atoms with Gasteiger partial charge in [0.2, 0.25) is 6.79 Å². The molecule has 3 aromatic rings. The lowest BCUT2D eigenvalue weighted by molar-refractivity contribution is -0.140. The van der Waals surface area contributed by atoms with Crippen molar-refractivity contribution < 1.29 is 28.9 Å². The molecule has 1 unspecified atom stereocenters. The number of fused-ring (bicyclic) bond motifs is 1. The maximum Gasteiger partial charge on any atom is 0.295 e. The molecule has 2 aliphatic rings. The first-order chi connectivity index (χ1) is 19.4. The van der Waals surface area contributed by atoms with E-state index in [1.165, 1.54) is 4.90 Å². The number of hydrogen-bond acceptors (Lipinski definition) is 7. The van der Waals surface area contributed by atoms with E-state index in [4.69, 9.17) is 14.2 Å². The number of carbonyl (C=O) groups is 2. The Bertz CT molecular complexity index is 1410. The lowest BCUT2D eigenvalue weighted by Gasteiger charge is -2.26. The fourth-order valence-electron chi connectivity index (χ4n) is 4.99. The second-order valence-electron chi connectivity index (χ2n) is 10.2. The van der Waals surface area contributed by atoms with E-state index in [0.717, 1.165) is 36.1 Å². The van der Waals surface area contributed by atoms with Gasteiger partial charge in [0.15, 0.2) is 11.5 Å². The molecule has 0 aromatic heterocycles. The summed E-state index contributed by atoms with van der Waals surface area (Å²) in [6.45, 7) is 3.06. The molecule has 208 valence electrons. The fraction of sp³-hybridized carbons (Fsp3) is 0.312. The third-order valence-corrected chi connectivity index (χ3v) is 7.20. The number of aliphatic hydroxyl groups excluding tert-OH is 1. The predicted octanol–water partition coefficient (Wildman–Crippen LogP) is 5.67. The van der Waals surface area contributed by atoms with Gasteiger partial charge in [-0.15, -0.1) is 0 Å². The molecule has 2 heterocycles. The number of unbranched alkanes of at least 4 members (excludes halogenated alkanes) is 2. The first-order valence-corrected chi connectivity index (χ1v) is 13.5. The Balaban J connectivity index is 1.50. The highest BCUT2D eigenvalue weighted by Gasteiger charge is 2.46. The number of carbonyl (C=O) groups excluding carboxylic acids is 2. The van der Waals surface area contributed by atoms with Crippen molar-refractivity contribution in [2.75, 3.05) is 32.4 Å². The summed E-state index contributed by atoms with van der Waals surface area (Å²) in [6, 6.07) is 19.3. The summed E-state index contributed by atoms with van der Waals surface area (Å²) in [6.07, 6.45) is 3.18. The van der Waals surface area contributed by atoms with E-state index in [2.05, 4.69) is 6.92 Å². The maximum absolute atomic E-state index is 13.4. The van der Waals surface area contributed by atoms with Gasteiger partial charge < -0.3 is 29.1 Å². The highest BCUT2D eigenvalue weighted by molar-refractivity contribution is 6.46. The van der Waals surface area contributed by atoms with Crippen LogP contribution >= 0.6 is 0 Å². The normalized spacial score (nSPS) is 17.4. The summed E-state index contributed by atoms with van der Waals surface area (Å²) in [4.78, 5) is 30.3. The standard InChI is InChI=1S/C32H34N2O6/c1-4-5-6-17-38-25-14-10-23(11-15-25)30(35)28-29(22-8-12-24(13-9-22)33(2)3)34(32(37)31(28)36)19-21-7-16-26-27(18-21)40-20-39-26/h7-16,18,29,35H,4-6,17,19-20H2,1-3H3/b30-28+. The van der Waals surface area contributed by atoms with Crippen LogP contribution in [0.4, 0.5) is 5.69 Å². The number of aliphatic hydroxyl groups is 1. The lowest BCUT2D eigenvalue weighted by Crippen LogP contribution is -2.29. The number of ketones is 1. The summed E-state index contributed by atoms with van der Waals surface area (Å²) in [7, 11) is 3.88. The van der Waals surface area contributed by atoms with Gasteiger partial charge in [-0.3, -0.25) is 9.59 Å². The van der Waals surface area contributed by atoms with Crippen LogP contribution in [0.25, 0.3) is 5.76 Å². The quantitative estimate of drug-likeness (QED) is 0.153. The van der Waals surface area contributed by atoms with Crippen molar-refractivity contribution >= 4 is 23.1 Å². The number of nitrogens with zero attached hydrogens (tertiary/aromatic N) is 2. The maximum atomic E-state index is 13.4. The van der Waals surface area contributed by atoms with Gasteiger partial charge in [0, 0.05) is 31.9 Å². The molecule has 5 rings (SSSR count). The van der Waals surface area contributed by atoms with Gasteiger partial charge in [0.1, 0.15) is 11.5 Å². The third-order valence-electron chi connectivity index (χ3n) is 7.20. The van der Waals surface area contributed by atoms with Crippen LogP contribution in [0.5, 0.6) is 17.2 Å².